The van der Waals surface area contributed by atoms with Gasteiger partial charge in [0.25, 0.3) is 0 Å². The van der Waals surface area contributed by atoms with Gasteiger partial charge in [-0.05, 0) is 46.1 Å². The van der Waals surface area contributed by atoms with Gasteiger partial charge >= 0.3 is 0 Å². The van der Waals surface area contributed by atoms with Gasteiger partial charge in [0.05, 0.1) is 6.54 Å². The number of benzene rings is 1. The summed E-state index contributed by atoms with van der Waals surface area (Å²) in [5, 5.41) is 3.00. The molecule has 1 fully saturated rings. The Kier molecular flexibility index (Phi) is 4.90. The molecule has 116 valence electrons. The molecule has 21 heavy (non-hydrogen) atoms. The lowest BCUT2D eigenvalue weighted by molar-refractivity contribution is -0.130. The highest BCUT2D eigenvalue weighted by Gasteiger charge is 2.36. The minimum absolute atomic E-state index is 0.0237. The van der Waals surface area contributed by atoms with Gasteiger partial charge < -0.3 is 9.80 Å². The molecular formula is C15H21F2N3O. The summed E-state index contributed by atoms with van der Waals surface area (Å²) in [7, 11) is 3.93. The molecule has 1 N–H and O–H groups in total. The molecule has 2 rings (SSSR count). The number of amides is 1. The molecule has 1 aromatic rings. The molecule has 1 aliphatic rings. The zero-order valence-corrected chi connectivity index (χ0v) is 12.6. The van der Waals surface area contributed by atoms with Crippen molar-refractivity contribution in [3.8, 4) is 0 Å². The number of hydrogen-bond donors (Lipinski definition) is 1. The van der Waals surface area contributed by atoms with Crippen LogP contribution < -0.4 is 5.32 Å². The second-order valence-corrected chi connectivity index (χ2v) is 5.69. The summed E-state index contributed by atoms with van der Waals surface area (Å²) in [5.74, 6) is -1.31. The Balaban J connectivity index is 2.19. The lowest BCUT2D eigenvalue weighted by Gasteiger charge is -2.31. The smallest absolute Gasteiger partial charge is 0.238 e. The van der Waals surface area contributed by atoms with Gasteiger partial charge in [-0.1, -0.05) is 0 Å². The molecule has 2 unspecified atom stereocenters. The third-order valence-electron chi connectivity index (χ3n) is 3.74. The van der Waals surface area contributed by atoms with Crippen LogP contribution in [0.3, 0.4) is 0 Å². The van der Waals surface area contributed by atoms with E-state index >= 15 is 0 Å². The normalized spacial score (nSPS) is 20.4. The molecule has 0 saturated carbocycles. The minimum Gasteiger partial charge on any atom is -0.319 e. The molecular weight excluding hydrogens is 276 g/mol. The van der Waals surface area contributed by atoms with Crippen molar-refractivity contribution < 1.29 is 13.6 Å². The quantitative estimate of drug-likeness (QED) is 0.899. The summed E-state index contributed by atoms with van der Waals surface area (Å²) >= 11 is 0. The topological polar surface area (TPSA) is 35.6 Å². The highest BCUT2D eigenvalue weighted by atomic mass is 19.1. The largest absolute Gasteiger partial charge is 0.319 e. The van der Waals surface area contributed by atoms with E-state index < -0.39 is 17.8 Å². The van der Waals surface area contributed by atoms with E-state index in [0.29, 0.717) is 5.56 Å². The molecule has 1 amide bonds. The van der Waals surface area contributed by atoms with Crippen molar-refractivity contribution in [1.29, 1.82) is 0 Å². The van der Waals surface area contributed by atoms with Gasteiger partial charge in [-0.15, -0.1) is 0 Å². The van der Waals surface area contributed by atoms with Gasteiger partial charge in [-0.25, -0.2) is 8.78 Å². The van der Waals surface area contributed by atoms with E-state index in [2.05, 4.69) is 5.32 Å². The highest BCUT2D eigenvalue weighted by molar-refractivity contribution is 5.81. The van der Waals surface area contributed by atoms with Gasteiger partial charge in [-0.2, -0.15) is 0 Å². The maximum Gasteiger partial charge on any atom is 0.238 e. The van der Waals surface area contributed by atoms with Crippen molar-refractivity contribution in [2.75, 3.05) is 27.2 Å². The average molecular weight is 297 g/mol. The van der Waals surface area contributed by atoms with Crippen molar-refractivity contribution in [2.24, 2.45) is 0 Å². The van der Waals surface area contributed by atoms with Crippen LogP contribution in [0.1, 0.15) is 25.1 Å². The minimum atomic E-state index is -0.632. The van der Waals surface area contributed by atoms with E-state index in [0.717, 1.165) is 19.0 Å². The molecule has 0 aromatic heterocycles. The first-order chi connectivity index (χ1) is 9.90. The molecule has 0 radical (unpaired) electrons. The molecule has 0 bridgehead atoms. The summed E-state index contributed by atoms with van der Waals surface area (Å²) in [6, 6.07) is 3.44. The molecule has 2 atom stereocenters. The third kappa shape index (κ3) is 3.57. The van der Waals surface area contributed by atoms with Crippen molar-refractivity contribution in [1.82, 2.24) is 15.1 Å². The Labute approximate surface area is 123 Å². The molecule has 0 spiro atoms. The SMILES string of the molecule is CC(CCN(C)C)N1C(=O)CNC1c1ccc(F)cc1F. The molecule has 1 aromatic carbocycles. The van der Waals surface area contributed by atoms with Crippen LogP contribution in [0.25, 0.3) is 0 Å². The number of nitrogens with zero attached hydrogens (tertiary/aromatic N) is 2. The standard InChI is InChI=1S/C15H21F2N3O/c1-10(6-7-19(2)3)20-14(21)9-18-15(20)12-5-4-11(16)8-13(12)17/h4-5,8,10,15,18H,6-7,9H2,1-3H3. The van der Waals surface area contributed by atoms with Crippen LogP contribution in [0.15, 0.2) is 18.2 Å². The number of nitrogens with one attached hydrogen (secondary N) is 1. The first-order valence-electron chi connectivity index (χ1n) is 7.04. The number of carbonyl (C=O) groups is 1. The fraction of sp³-hybridized carbons (Fsp3) is 0.533. The fourth-order valence-corrected chi connectivity index (χ4v) is 2.59. The average Bonchev–Trinajstić information content (AvgIpc) is 2.78. The Morgan fingerprint density at radius 1 is 1.43 bits per heavy atom. The van der Waals surface area contributed by atoms with E-state index in [1.54, 1.807) is 4.90 Å². The summed E-state index contributed by atoms with van der Waals surface area (Å²) < 4.78 is 27.0. The highest BCUT2D eigenvalue weighted by Crippen LogP contribution is 2.28. The Morgan fingerprint density at radius 2 is 2.14 bits per heavy atom. The van der Waals surface area contributed by atoms with E-state index in [4.69, 9.17) is 0 Å². The second kappa shape index (κ2) is 6.49. The van der Waals surface area contributed by atoms with E-state index in [1.807, 2.05) is 25.9 Å². The van der Waals surface area contributed by atoms with Crippen LogP contribution in [0, 0.1) is 11.6 Å². The molecule has 1 heterocycles. The predicted octanol–water partition coefficient (Wildman–Crippen LogP) is 1.74. The van der Waals surface area contributed by atoms with Crippen LogP contribution in [0.5, 0.6) is 0 Å². The summed E-state index contributed by atoms with van der Waals surface area (Å²) in [5.41, 5.74) is 0.305. The van der Waals surface area contributed by atoms with Gasteiger partial charge in [0.2, 0.25) is 5.91 Å². The van der Waals surface area contributed by atoms with Crippen LogP contribution in [0.2, 0.25) is 0 Å². The van der Waals surface area contributed by atoms with E-state index in [1.165, 1.54) is 12.1 Å². The van der Waals surface area contributed by atoms with Crippen LogP contribution in [-0.2, 0) is 4.79 Å². The summed E-state index contributed by atoms with van der Waals surface area (Å²) in [4.78, 5) is 15.8. The Hall–Kier alpha value is -1.53. The fourth-order valence-electron chi connectivity index (χ4n) is 2.59. The van der Waals surface area contributed by atoms with Gasteiger partial charge in [0, 0.05) is 17.7 Å². The monoisotopic (exact) mass is 297 g/mol. The van der Waals surface area contributed by atoms with E-state index in [-0.39, 0.29) is 18.5 Å². The molecule has 4 nitrogen and oxygen atoms in total. The van der Waals surface area contributed by atoms with Crippen molar-refractivity contribution in [2.45, 2.75) is 25.6 Å². The Bertz CT molecular complexity index is 522. The third-order valence-corrected chi connectivity index (χ3v) is 3.74. The maximum absolute atomic E-state index is 14.0. The molecule has 1 aliphatic heterocycles. The lowest BCUT2D eigenvalue weighted by Crippen LogP contribution is -2.39. The van der Waals surface area contributed by atoms with E-state index in [9.17, 15) is 13.6 Å². The van der Waals surface area contributed by atoms with Gasteiger partial charge in [0.15, 0.2) is 0 Å². The molecule has 1 saturated heterocycles. The predicted molar refractivity (Wildman–Crippen MR) is 76.6 cm³/mol. The first-order valence-corrected chi connectivity index (χ1v) is 7.04. The van der Waals surface area contributed by atoms with Crippen molar-refractivity contribution in [3.05, 3.63) is 35.4 Å². The number of halogens is 2. The Morgan fingerprint density at radius 3 is 2.76 bits per heavy atom. The maximum atomic E-state index is 14.0. The molecule has 0 aliphatic carbocycles. The van der Waals surface area contributed by atoms with Crippen molar-refractivity contribution in [3.63, 3.8) is 0 Å². The van der Waals surface area contributed by atoms with Crippen LogP contribution >= 0.6 is 0 Å². The number of hydrogen-bond acceptors (Lipinski definition) is 3. The molecule has 6 heteroatoms. The van der Waals surface area contributed by atoms with Crippen molar-refractivity contribution >= 4 is 5.91 Å². The lowest BCUT2D eigenvalue weighted by atomic mass is 10.1. The summed E-state index contributed by atoms with van der Waals surface area (Å²) in [6.07, 6.45) is 0.259. The van der Waals surface area contributed by atoms with Crippen LogP contribution in [-0.4, -0.2) is 48.9 Å². The van der Waals surface area contributed by atoms with Gasteiger partial charge in [0.1, 0.15) is 17.8 Å². The zero-order chi connectivity index (χ0) is 15.6. The second-order valence-electron chi connectivity index (χ2n) is 5.69. The first kappa shape index (κ1) is 15.9. The van der Waals surface area contributed by atoms with Gasteiger partial charge in [-0.3, -0.25) is 10.1 Å². The van der Waals surface area contributed by atoms with Crippen LogP contribution in [0.4, 0.5) is 8.78 Å². The number of rotatable bonds is 5. The zero-order valence-electron chi connectivity index (χ0n) is 12.6. The summed E-state index contributed by atoms with van der Waals surface area (Å²) in [6.45, 7) is 2.96. The number of carbonyl (C=O) groups excluding carboxylic acids is 1.